The highest BCUT2D eigenvalue weighted by atomic mass is 127. The van der Waals surface area contributed by atoms with Gasteiger partial charge in [-0.2, -0.15) is 0 Å². The Bertz CT molecular complexity index is 433. The van der Waals surface area contributed by atoms with Crippen LogP contribution < -0.4 is 10.6 Å². The Morgan fingerprint density at radius 2 is 2.09 bits per heavy atom. The van der Waals surface area contributed by atoms with Crippen molar-refractivity contribution < 1.29 is 0 Å². The molecular weight excluding hydrogens is 409 g/mol. The van der Waals surface area contributed by atoms with Crippen molar-refractivity contribution in [3.8, 4) is 0 Å². The Hall–Kier alpha value is -0.410. The van der Waals surface area contributed by atoms with E-state index in [4.69, 9.17) is 0 Å². The molecule has 1 rings (SSSR count). The minimum atomic E-state index is 0. The van der Waals surface area contributed by atoms with Gasteiger partial charge < -0.3 is 15.5 Å². The molecule has 1 aromatic heterocycles. The topological polar surface area (TPSA) is 52.6 Å². The number of nitrogens with zero attached hydrogens (tertiary/aromatic N) is 3. The van der Waals surface area contributed by atoms with Crippen LogP contribution in [0, 0.1) is 0 Å². The summed E-state index contributed by atoms with van der Waals surface area (Å²) < 4.78 is 0. The van der Waals surface area contributed by atoms with Gasteiger partial charge in [0.1, 0.15) is 5.01 Å². The molecule has 0 aliphatic heterocycles. The lowest BCUT2D eigenvalue weighted by Gasteiger charge is -2.16. The number of aromatic nitrogens is 1. The third kappa shape index (κ3) is 8.28. The van der Waals surface area contributed by atoms with Crippen molar-refractivity contribution >= 4 is 41.3 Å². The summed E-state index contributed by atoms with van der Waals surface area (Å²) in [4.78, 5) is 11.5. The van der Waals surface area contributed by atoms with Crippen molar-refractivity contribution in [1.29, 1.82) is 0 Å². The van der Waals surface area contributed by atoms with Crippen LogP contribution in [0.2, 0.25) is 0 Å². The number of halogens is 1. The fourth-order valence-corrected chi connectivity index (χ4v) is 2.55. The van der Waals surface area contributed by atoms with Gasteiger partial charge in [-0.05, 0) is 26.4 Å². The van der Waals surface area contributed by atoms with Crippen LogP contribution in [0.15, 0.2) is 10.4 Å². The number of nitrogens with one attached hydrogen (secondary N) is 2. The summed E-state index contributed by atoms with van der Waals surface area (Å²) in [6, 6.07) is 0. The van der Waals surface area contributed by atoms with Crippen LogP contribution in [0.3, 0.4) is 0 Å². The largest absolute Gasteiger partial charge is 0.357 e. The standard InChI is InChI=1S/C15H29N5S.HI/c1-6-16-15(17-8-9-20(5)7-2)18-10-14-19-13(11-21-14)12(3)4;/h11-12H,6-10H2,1-5H3,(H2,16,17,18);1H. The molecule has 5 nitrogen and oxygen atoms in total. The minimum absolute atomic E-state index is 0. The second-order valence-electron chi connectivity index (χ2n) is 5.34. The number of hydrogen-bond donors (Lipinski definition) is 2. The molecule has 0 aliphatic rings. The van der Waals surface area contributed by atoms with Crippen LogP contribution in [0.5, 0.6) is 0 Å². The highest BCUT2D eigenvalue weighted by molar-refractivity contribution is 14.0. The zero-order valence-corrected chi connectivity index (χ0v) is 17.5. The van der Waals surface area contributed by atoms with Crippen LogP contribution in [0.4, 0.5) is 0 Å². The lowest BCUT2D eigenvalue weighted by molar-refractivity contribution is 0.357. The zero-order chi connectivity index (χ0) is 15.7. The van der Waals surface area contributed by atoms with Gasteiger partial charge in [0.05, 0.1) is 12.2 Å². The number of rotatable bonds is 8. The molecule has 0 fully saturated rings. The van der Waals surface area contributed by atoms with Gasteiger partial charge in [-0.1, -0.05) is 20.8 Å². The molecule has 7 heteroatoms. The van der Waals surface area contributed by atoms with Gasteiger partial charge in [0.15, 0.2) is 5.96 Å². The van der Waals surface area contributed by atoms with E-state index in [1.165, 1.54) is 0 Å². The van der Waals surface area contributed by atoms with Gasteiger partial charge in [0.25, 0.3) is 0 Å². The Morgan fingerprint density at radius 1 is 1.36 bits per heavy atom. The molecule has 0 aliphatic carbocycles. The first kappa shape index (κ1) is 21.6. The van der Waals surface area contributed by atoms with Crippen molar-refractivity contribution in [3.63, 3.8) is 0 Å². The van der Waals surface area contributed by atoms with E-state index >= 15 is 0 Å². The molecule has 128 valence electrons. The lowest BCUT2D eigenvalue weighted by atomic mass is 10.2. The third-order valence-electron chi connectivity index (χ3n) is 3.20. The molecule has 0 bridgehead atoms. The molecule has 0 saturated carbocycles. The summed E-state index contributed by atoms with van der Waals surface area (Å²) in [5.41, 5.74) is 1.16. The average molecular weight is 439 g/mol. The van der Waals surface area contributed by atoms with E-state index in [0.29, 0.717) is 12.5 Å². The van der Waals surface area contributed by atoms with Gasteiger partial charge in [0, 0.05) is 25.0 Å². The maximum absolute atomic E-state index is 4.61. The van der Waals surface area contributed by atoms with Crippen LogP contribution >= 0.6 is 35.3 Å². The fourth-order valence-electron chi connectivity index (χ4n) is 1.67. The molecule has 2 N–H and O–H groups in total. The quantitative estimate of drug-likeness (QED) is 0.372. The average Bonchev–Trinajstić information content (AvgIpc) is 2.93. The Morgan fingerprint density at radius 3 is 2.64 bits per heavy atom. The molecule has 0 aromatic carbocycles. The summed E-state index contributed by atoms with van der Waals surface area (Å²) in [5.74, 6) is 1.35. The van der Waals surface area contributed by atoms with Crippen molar-refractivity contribution in [1.82, 2.24) is 20.5 Å². The maximum atomic E-state index is 4.61. The summed E-state index contributed by atoms with van der Waals surface area (Å²) in [6.07, 6.45) is 0. The Kier molecular flexibility index (Phi) is 11.8. The van der Waals surface area contributed by atoms with E-state index < -0.39 is 0 Å². The van der Waals surface area contributed by atoms with Crippen LogP contribution in [0.25, 0.3) is 0 Å². The Labute approximate surface area is 156 Å². The number of thiazole rings is 1. The summed E-state index contributed by atoms with van der Waals surface area (Å²) in [7, 11) is 2.12. The van der Waals surface area contributed by atoms with Crippen molar-refractivity contribution in [3.05, 3.63) is 16.1 Å². The maximum Gasteiger partial charge on any atom is 0.191 e. The van der Waals surface area contributed by atoms with Crippen molar-refractivity contribution in [2.24, 2.45) is 4.99 Å². The van der Waals surface area contributed by atoms with E-state index in [9.17, 15) is 0 Å². The number of aliphatic imine (C=N–C) groups is 1. The van der Waals surface area contributed by atoms with Crippen LogP contribution in [-0.4, -0.2) is 49.1 Å². The second-order valence-corrected chi connectivity index (χ2v) is 6.28. The predicted molar refractivity (Wildman–Crippen MR) is 108 cm³/mol. The highest BCUT2D eigenvalue weighted by Crippen LogP contribution is 2.18. The third-order valence-corrected chi connectivity index (χ3v) is 4.06. The number of guanidine groups is 1. The molecule has 0 radical (unpaired) electrons. The second kappa shape index (κ2) is 12.1. The molecule has 0 spiro atoms. The monoisotopic (exact) mass is 439 g/mol. The summed E-state index contributed by atoms with van der Waals surface area (Å²) >= 11 is 1.69. The first-order chi connectivity index (χ1) is 10.1. The van der Waals surface area contributed by atoms with Gasteiger partial charge in [-0.3, -0.25) is 0 Å². The molecular formula is C15H30IN5S. The highest BCUT2D eigenvalue weighted by Gasteiger charge is 2.05. The predicted octanol–water partition coefficient (Wildman–Crippen LogP) is 2.89. The smallest absolute Gasteiger partial charge is 0.191 e. The molecule has 0 saturated heterocycles. The van der Waals surface area contributed by atoms with Crippen molar-refractivity contribution in [2.45, 2.75) is 40.2 Å². The minimum Gasteiger partial charge on any atom is -0.357 e. The van der Waals surface area contributed by atoms with E-state index in [1.54, 1.807) is 11.3 Å². The van der Waals surface area contributed by atoms with E-state index in [-0.39, 0.29) is 24.0 Å². The first-order valence-corrected chi connectivity index (χ1v) is 8.59. The first-order valence-electron chi connectivity index (χ1n) is 7.71. The van der Waals surface area contributed by atoms with Crippen LogP contribution in [-0.2, 0) is 6.54 Å². The van der Waals surface area contributed by atoms with Gasteiger partial charge >= 0.3 is 0 Å². The molecule has 1 heterocycles. The van der Waals surface area contributed by atoms with E-state index in [1.807, 2.05) is 0 Å². The molecule has 1 aromatic rings. The number of likely N-dealkylation sites (N-methyl/N-ethyl adjacent to an activating group) is 1. The van der Waals surface area contributed by atoms with Crippen molar-refractivity contribution in [2.75, 3.05) is 33.2 Å². The zero-order valence-electron chi connectivity index (χ0n) is 14.3. The molecule has 0 atom stereocenters. The molecule has 0 amide bonds. The fraction of sp³-hybridized carbons (Fsp3) is 0.733. The number of hydrogen-bond acceptors (Lipinski definition) is 4. The Balaban J connectivity index is 0.00000441. The SMILES string of the molecule is CCNC(=NCc1nc(C(C)C)cs1)NCCN(C)CC.I. The van der Waals surface area contributed by atoms with E-state index in [0.717, 1.165) is 42.8 Å². The summed E-state index contributed by atoms with van der Waals surface area (Å²) in [5, 5.41) is 9.83. The van der Waals surface area contributed by atoms with Crippen LogP contribution in [0.1, 0.15) is 44.3 Å². The lowest BCUT2D eigenvalue weighted by Crippen LogP contribution is -2.40. The van der Waals surface area contributed by atoms with Gasteiger partial charge in [-0.15, -0.1) is 35.3 Å². The van der Waals surface area contributed by atoms with E-state index in [2.05, 4.69) is 65.6 Å². The normalized spacial score (nSPS) is 11.7. The van der Waals surface area contributed by atoms with Gasteiger partial charge in [0.2, 0.25) is 0 Å². The molecule has 0 unspecified atom stereocenters. The summed E-state index contributed by atoms with van der Waals surface area (Å²) in [6.45, 7) is 13.0. The van der Waals surface area contributed by atoms with Gasteiger partial charge in [-0.25, -0.2) is 9.98 Å². The molecule has 22 heavy (non-hydrogen) atoms.